The second-order valence-electron chi connectivity index (χ2n) is 8.11. The molecule has 1 heterocycles. The van der Waals surface area contributed by atoms with E-state index in [0.29, 0.717) is 6.42 Å². The van der Waals surface area contributed by atoms with E-state index in [2.05, 4.69) is 6.92 Å². The molecule has 2 aliphatic rings. The van der Waals surface area contributed by atoms with E-state index in [1.807, 2.05) is 30.3 Å². The first-order chi connectivity index (χ1) is 14.6. The lowest BCUT2D eigenvalue weighted by atomic mass is 9.88. The van der Waals surface area contributed by atoms with Gasteiger partial charge in [0.05, 0.1) is 5.57 Å². The molecule has 160 valence electrons. The monoisotopic (exact) mass is 408 g/mol. The number of allylic oxidation sites excluding steroid dienone is 3. The average Bonchev–Trinajstić information content (AvgIpc) is 2.78. The number of rotatable bonds is 11. The Morgan fingerprint density at radius 2 is 1.50 bits per heavy atom. The van der Waals surface area contributed by atoms with E-state index in [1.54, 1.807) is 12.2 Å². The molecule has 4 heteroatoms. The first-order valence-corrected chi connectivity index (χ1v) is 11.3. The molecule has 0 fully saturated rings. The van der Waals surface area contributed by atoms with Gasteiger partial charge < -0.3 is 9.84 Å². The minimum atomic E-state index is -0.515. The maximum absolute atomic E-state index is 13.0. The van der Waals surface area contributed by atoms with Crippen LogP contribution < -0.4 is 0 Å². The first kappa shape index (κ1) is 22.1. The molecule has 0 bridgehead atoms. The number of carbonyl (C=O) groups is 2. The molecule has 0 amide bonds. The van der Waals surface area contributed by atoms with Gasteiger partial charge in [0.15, 0.2) is 11.5 Å². The quantitative estimate of drug-likeness (QED) is 0.337. The molecule has 1 aliphatic heterocycles. The van der Waals surface area contributed by atoms with Crippen LogP contribution in [0.5, 0.6) is 0 Å². The summed E-state index contributed by atoms with van der Waals surface area (Å²) >= 11 is 0. The molecule has 1 aliphatic carbocycles. The van der Waals surface area contributed by atoms with Crippen molar-refractivity contribution in [2.24, 2.45) is 0 Å². The van der Waals surface area contributed by atoms with Crippen LogP contribution in [-0.4, -0.2) is 16.7 Å². The van der Waals surface area contributed by atoms with Crippen molar-refractivity contribution in [1.29, 1.82) is 0 Å². The number of ketones is 2. The minimum absolute atomic E-state index is 0.0695. The van der Waals surface area contributed by atoms with Gasteiger partial charge in [-0.3, -0.25) is 9.59 Å². The molecular weight excluding hydrogens is 376 g/mol. The van der Waals surface area contributed by atoms with Gasteiger partial charge in [0, 0.05) is 5.57 Å². The Kier molecular flexibility index (Phi) is 8.06. The SMILES string of the molecule is CCCCCCCCCCCC1=C(O)C(=O)C2=C(O[C@H](c3ccccc3)C=C2)C1=O. The van der Waals surface area contributed by atoms with Gasteiger partial charge >= 0.3 is 0 Å². The Morgan fingerprint density at radius 1 is 0.867 bits per heavy atom. The van der Waals surface area contributed by atoms with E-state index < -0.39 is 17.6 Å². The molecule has 4 nitrogen and oxygen atoms in total. The summed E-state index contributed by atoms with van der Waals surface area (Å²) in [6.45, 7) is 2.22. The van der Waals surface area contributed by atoms with Crippen molar-refractivity contribution in [3.05, 3.63) is 70.7 Å². The summed E-state index contributed by atoms with van der Waals surface area (Å²) in [5, 5.41) is 10.3. The maximum Gasteiger partial charge on any atom is 0.231 e. The fourth-order valence-electron chi connectivity index (χ4n) is 4.02. The third-order valence-corrected chi connectivity index (χ3v) is 5.81. The van der Waals surface area contributed by atoms with Crippen LogP contribution in [0.15, 0.2) is 65.1 Å². The number of aliphatic hydroxyl groups is 1. The summed E-state index contributed by atoms with van der Waals surface area (Å²) < 4.78 is 5.91. The fraction of sp³-hybridized carbons (Fsp3) is 0.462. The third-order valence-electron chi connectivity index (χ3n) is 5.81. The van der Waals surface area contributed by atoms with E-state index >= 15 is 0 Å². The molecule has 3 rings (SSSR count). The normalized spacial score (nSPS) is 18.6. The molecule has 0 aromatic heterocycles. The molecule has 1 aromatic carbocycles. The van der Waals surface area contributed by atoms with Gasteiger partial charge in [0.2, 0.25) is 11.6 Å². The molecule has 30 heavy (non-hydrogen) atoms. The number of benzene rings is 1. The summed E-state index contributed by atoms with van der Waals surface area (Å²) in [5.41, 5.74) is 1.27. The van der Waals surface area contributed by atoms with Crippen LogP contribution in [0.1, 0.15) is 82.8 Å². The molecular formula is C26H32O4. The first-order valence-electron chi connectivity index (χ1n) is 11.3. The maximum atomic E-state index is 13.0. The molecule has 0 spiro atoms. The zero-order valence-electron chi connectivity index (χ0n) is 17.9. The highest BCUT2D eigenvalue weighted by Gasteiger charge is 2.37. The number of ether oxygens (including phenoxy) is 1. The molecule has 1 N–H and O–H groups in total. The van der Waals surface area contributed by atoms with Crippen molar-refractivity contribution >= 4 is 11.6 Å². The Labute approximate surface area is 179 Å². The number of hydrogen-bond acceptors (Lipinski definition) is 4. The predicted molar refractivity (Wildman–Crippen MR) is 118 cm³/mol. The van der Waals surface area contributed by atoms with Gasteiger partial charge in [-0.2, -0.15) is 0 Å². The largest absolute Gasteiger partial charge is 0.504 e. The highest BCUT2D eigenvalue weighted by molar-refractivity contribution is 6.24. The van der Waals surface area contributed by atoms with Crippen LogP contribution in [0.25, 0.3) is 0 Å². The summed E-state index contributed by atoms with van der Waals surface area (Å²) in [7, 11) is 0. The average molecular weight is 409 g/mol. The number of carbonyl (C=O) groups excluding carboxylic acids is 2. The van der Waals surface area contributed by atoms with Crippen molar-refractivity contribution in [3.63, 3.8) is 0 Å². The predicted octanol–water partition coefficient (Wildman–Crippen LogP) is 6.45. The summed E-state index contributed by atoms with van der Waals surface area (Å²) in [6.07, 6.45) is 13.9. The van der Waals surface area contributed by atoms with Crippen molar-refractivity contribution < 1.29 is 19.4 Å². The van der Waals surface area contributed by atoms with Gasteiger partial charge in [0.1, 0.15) is 6.10 Å². The molecule has 0 saturated carbocycles. The standard InChI is InChI=1S/C26H32O4/c1-2-3-4-5-6-7-8-9-13-16-20-23(27)24(28)21-17-18-22(30-26(21)25(20)29)19-14-11-10-12-15-19/h10-12,14-15,17-18,22,27H,2-9,13,16H2,1H3/t22-/m0/s1. The molecule has 0 radical (unpaired) electrons. The summed E-state index contributed by atoms with van der Waals surface area (Å²) in [6, 6.07) is 9.58. The molecule has 1 aromatic rings. The Morgan fingerprint density at radius 3 is 2.17 bits per heavy atom. The van der Waals surface area contributed by atoms with Gasteiger partial charge in [-0.05, 0) is 30.6 Å². The molecule has 0 unspecified atom stereocenters. The van der Waals surface area contributed by atoms with Crippen LogP contribution in [0.4, 0.5) is 0 Å². The third kappa shape index (κ3) is 5.29. The van der Waals surface area contributed by atoms with Crippen LogP contribution in [0, 0.1) is 0 Å². The van der Waals surface area contributed by atoms with Crippen LogP contribution >= 0.6 is 0 Å². The Hall–Kier alpha value is -2.62. The second kappa shape index (κ2) is 11.0. The van der Waals surface area contributed by atoms with Gasteiger partial charge in [-0.1, -0.05) is 88.6 Å². The van der Waals surface area contributed by atoms with Gasteiger partial charge in [0.25, 0.3) is 0 Å². The van der Waals surface area contributed by atoms with E-state index in [4.69, 9.17) is 4.74 Å². The van der Waals surface area contributed by atoms with Gasteiger partial charge in [-0.15, -0.1) is 0 Å². The summed E-state index contributed by atoms with van der Waals surface area (Å²) in [5.74, 6) is -1.21. The zero-order valence-corrected chi connectivity index (χ0v) is 17.9. The number of unbranched alkanes of at least 4 members (excludes halogenated alkanes) is 8. The number of aliphatic hydroxyl groups excluding tert-OH is 1. The van der Waals surface area contributed by atoms with Crippen LogP contribution in [0.3, 0.4) is 0 Å². The summed E-state index contributed by atoms with van der Waals surface area (Å²) in [4.78, 5) is 25.5. The number of hydrogen-bond donors (Lipinski definition) is 1. The Balaban J connectivity index is 1.53. The highest BCUT2D eigenvalue weighted by atomic mass is 16.5. The van der Waals surface area contributed by atoms with E-state index in [9.17, 15) is 14.7 Å². The minimum Gasteiger partial charge on any atom is -0.504 e. The lowest BCUT2D eigenvalue weighted by Gasteiger charge is -2.27. The van der Waals surface area contributed by atoms with Crippen molar-refractivity contribution in [3.8, 4) is 0 Å². The van der Waals surface area contributed by atoms with Crippen molar-refractivity contribution in [2.45, 2.75) is 77.2 Å². The molecule has 1 atom stereocenters. The van der Waals surface area contributed by atoms with Crippen molar-refractivity contribution in [2.75, 3.05) is 0 Å². The lowest BCUT2D eigenvalue weighted by Crippen LogP contribution is -2.27. The second-order valence-corrected chi connectivity index (χ2v) is 8.11. The van der Waals surface area contributed by atoms with Crippen molar-refractivity contribution in [1.82, 2.24) is 0 Å². The smallest absolute Gasteiger partial charge is 0.231 e. The van der Waals surface area contributed by atoms with Crippen LogP contribution in [-0.2, 0) is 14.3 Å². The fourth-order valence-corrected chi connectivity index (χ4v) is 4.02. The molecule has 0 saturated heterocycles. The Bertz CT molecular complexity index is 845. The van der Waals surface area contributed by atoms with E-state index in [1.165, 1.54) is 38.5 Å². The van der Waals surface area contributed by atoms with E-state index in [0.717, 1.165) is 24.8 Å². The van der Waals surface area contributed by atoms with E-state index in [-0.39, 0.29) is 22.7 Å². The highest BCUT2D eigenvalue weighted by Crippen LogP contribution is 2.35. The van der Waals surface area contributed by atoms with Crippen LogP contribution in [0.2, 0.25) is 0 Å². The number of Topliss-reactive ketones (excluding diaryl/α,β-unsaturated/α-hetero) is 2. The van der Waals surface area contributed by atoms with Gasteiger partial charge in [-0.25, -0.2) is 0 Å². The lowest BCUT2D eigenvalue weighted by molar-refractivity contribution is -0.121. The topological polar surface area (TPSA) is 63.6 Å². The zero-order chi connectivity index (χ0) is 21.3.